The van der Waals surface area contributed by atoms with Gasteiger partial charge in [-0.3, -0.25) is 0 Å². The lowest BCUT2D eigenvalue weighted by Crippen LogP contribution is -2.26. The second kappa shape index (κ2) is 3.43. The molecule has 2 aliphatic rings. The first-order chi connectivity index (χ1) is 6.93. The molecule has 0 radical (unpaired) electrons. The van der Waals surface area contributed by atoms with E-state index >= 15 is 0 Å². The van der Waals surface area contributed by atoms with Crippen LogP contribution in [0, 0.1) is 5.92 Å². The predicted octanol–water partition coefficient (Wildman–Crippen LogP) is 2.66. The fourth-order valence-electron chi connectivity index (χ4n) is 2.33. The fraction of sp³-hybridized carbons (Fsp3) is 0.667. The number of hydrogen-bond acceptors (Lipinski definition) is 2. The molecule has 0 aromatic carbocycles. The first-order valence-electron chi connectivity index (χ1n) is 5.73. The molecule has 1 N–H and O–H groups in total. The van der Waals surface area contributed by atoms with Crippen LogP contribution >= 0.6 is 0 Å². The van der Waals surface area contributed by atoms with Gasteiger partial charge < -0.3 is 9.73 Å². The van der Waals surface area contributed by atoms with Crippen LogP contribution in [0.25, 0.3) is 0 Å². The number of fused-ring (bicyclic) bond motifs is 1. The van der Waals surface area contributed by atoms with Gasteiger partial charge in [-0.05, 0) is 44.2 Å². The fourth-order valence-corrected chi connectivity index (χ4v) is 2.33. The third-order valence-corrected chi connectivity index (χ3v) is 3.40. The Balaban J connectivity index is 1.68. The summed E-state index contributed by atoms with van der Waals surface area (Å²) in [6, 6.07) is 2.71. The van der Waals surface area contributed by atoms with Gasteiger partial charge >= 0.3 is 0 Å². The summed E-state index contributed by atoms with van der Waals surface area (Å²) in [7, 11) is 0. The van der Waals surface area contributed by atoms with E-state index in [2.05, 4.69) is 11.4 Å². The molecule has 2 heteroatoms. The molecule has 1 heterocycles. The van der Waals surface area contributed by atoms with Crippen LogP contribution in [0.2, 0.25) is 0 Å². The van der Waals surface area contributed by atoms with Gasteiger partial charge in [-0.1, -0.05) is 0 Å². The second-order valence-corrected chi connectivity index (χ2v) is 4.60. The van der Waals surface area contributed by atoms with Crippen molar-refractivity contribution in [3.8, 4) is 0 Å². The Bertz CT molecular complexity index is 314. The summed E-state index contributed by atoms with van der Waals surface area (Å²) in [5, 5.41) is 3.67. The molecule has 1 saturated carbocycles. The van der Waals surface area contributed by atoms with Gasteiger partial charge in [0.05, 0.1) is 6.26 Å². The summed E-state index contributed by atoms with van der Waals surface area (Å²) in [6.07, 6.45) is 8.36. The normalized spacial score (nSPS) is 26.1. The molecule has 0 bridgehead atoms. The zero-order chi connectivity index (χ0) is 9.38. The van der Waals surface area contributed by atoms with Gasteiger partial charge in [0.25, 0.3) is 0 Å². The molecule has 0 aliphatic heterocycles. The Hall–Kier alpha value is -0.760. The maximum Gasteiger partial charge on any atom is 0.108 e. The first-order valence-corrected chi connectivity index (χ1v) is 5.73. The van der Waals surface area contributed by atoms with Gasteiger partial charge in [0.1, 0.15) is 5.76 Å². The summed E-state index contributed by atoms with van der Waals surface area (Å²) >= 11 is 0. The zero-order valence-corrected chi connectivity index (χ0v) is 8.46. The van der Waals surface area contributed by atoms with Crippen LogP contribution < -0.4 is 5.32 Å². The minimum Gasteiger partial charge on any atom is -0.469 e. The molecule has 1 fully saturated rings. The number of nitrogens with one attached hydrogen (secondary N) is 1. The van der Waals surface area contributed by atoms with E-state index in [1.807, 2.05) is 6.26 Å². The Labute approximate surface area is 84.7 Å². The van der Waals surface area contributed by atoms with E-state index in [-0.39, 0.29) is 0 Å². The lowest BCUT2D eigenvalue weighted by Gasteiger charge is -2.22. The Kier molecular flexibility index (Phi) is 2.09. The van der Waals surface area contributed by atoms with Crippen molar-refractivity contribution < 1.29 is 4.42 Å². The summed E-state index contributed by atoms with van der Waals surface area (Å²) in [4.78, 5) is 0. The predicted molar refractivity (Wildman–Crippen MR) is 55.1 cm³/mol. The molecule has 2 nitrogen and oxygen atoms in total. The number of rotatable bonds is 3. The molecule has 0 unspecified atom stereocenters. The van der Waals surface area contributed by atoms with Crippen molar-refractivity contribution in [2.45, 2.75) is 38.1 Å². The minimum atomic E-state index is 0.568. The van der Waals surface area contributed by atoms with Crippen molar-refractivity contribution in [1.29, 1.82) is 0 Å². The van der Waals surface area contributed by atoms with Crippen molar-refractivity contribution in [2.24, 2.45) is 5.92 Å². The van der Waals surface area contributed by atoms with Crippen molar-refractivity contribution >= 4 is 0 Å². The van der Waals surface area contributed by atoms with Gasteiger partial charge in [0.15, 0.2) is 0 Å². The highest BCUT2D eigenvalue weighted by molar-refractivity contribution is 5.24. The summed E-state index contributed by atoms with van der Waals surface area (Å²) in [6.45, 7) is 1.20. The van der Waals surface area contributed by atoms with E-state index in [0.29, 0.717) is 6.04 Å². The molecule has 2 aliphatic carbocycles. The maximum atomic E-state index is 5.47. The van der Waals surface area contributed by atoms with Crippen LogP contribution in [0.4, 0.5) is 0 Å². The topological polar surface area (TPSA) is 25.2 Å². The minimum absolute atomic E-state index is 0.568. The lowest BCUT2D eigenvalue weighted by atomic mass is 9.93. The molecule has 14 heavy (non-hydrogen) atoms. The number of aryl methyl sites for hydroxylation is 1. The van der Waals surface area contributed by atoms with Gasteiger partial charge in [0.2, 0.25) is 0 Å². The Morgan fingerprint density at radius 1 is 1.36 bits per heavy atom. The quantitative estimate of drug-likeness (QED) is 0.794. The molecular weight excluding hydrogens is 174 g/mol. The molecule has 76 valence electrons. The van der Waals surface area contributed by atoms with Gasteiger partial charge in [-0.25, -0.2) is 0 Å². The number of hydrogen-bond donors (Lipinski definition) is 1. The monoisotopic (exact) mass is 191 g/mol. The Morgan fingerprint density at radius 2 is 2.29 bits per heavy atom. The average Bonchev–Trinajstić information content (AvgIpc) is 2.91. The van der Waals surface area contributed by atoms with Crippen LogP contribution in [-0.2, 0) is 6.42 Å². The van der Waals surface area contributed by atoms with E-state index in [1.54, 1.807) is 0 Å². The first kappa shape index (κ1) is 8.54. The highest BCUT2D eigenvalue weighted by atomic mass is 16.3. The lowest BCUT2D eigenvalue weighted by molar-refractivity contribution is 0.407. The molecule has 3 rings (SSSR count). The van der Waals surface area contributed by atoms with Gasteiger partial charge in [-0.15, -0.1) is 0 Å². The van der Waals surface area contributed by atoms with Crippen molar-refractivity contribution in [1.82, 2.24) is 5.32 Å². The third kappa shape index (κ3) is 1.59. The molecule has 0 amide bonds. The van der Waals surface area contributed by atoms with Crippen LogP contribution in [0.15, 0.2) is 16.7 Å². The Morgan fingerprint density at radius 3 is 3.14 bits per heavy atom. The molecule has 0 spiro atoms. The second-order valence-electron chi connectivity index (χ2n) is 4.60. The molecular formula is C12H17NO. The van der Waals surface area contributed by atoms with E-state index in [0.717, 1.165) is 12.3 Å². The average molecular weight is 191 g/mol. The molecule has 1 atom stereocenters. The highest BCUT2D eigenvalue weighted by Gasteiger charge is 2.26. The van der Waals surface area contributed by atoms with Crippen molar-refractivity contribution in [3.05, 3.63) is 23.7 Å². The number of furan rings is 1. The summed E-state index contributed by atoms with van der Waals surface area (Å²) in [5.74, 6) is 2.18. The van der Waals surface area contributed by atoms with Gasteiger partial charge in [0, 0.05) is 18.0 Å². The van der Waals surface area contributed by atoms with Crippen molar-refractivity contribution in [3.63, 3.8) is 0 Å². The SMILES string of the molecule is c1cc2c(o1)CCC[C@@H]2NCC1CC1. The highest BCUT2D eigenvalue weighted by Crippen LogP contribution is 2.33. The maximum absolute atomic E-state index is 5.47. The summed E-state index contributed by atoms with van der Waals surface area (Å²) in [5.41, 5.74) is 1.41. The van der Waals surface area contributed by atoms with Crippen LogP contribution in [0.1, 0.15) is 43.0 Å². The molecule has 1 aromatic heterocycles. The van der Waals surface area contributed by atoms with E-state index in [9.17, 15) is 0 Å². The molecule has 1 aromatic rings. The summed E-state index contributed by atoms with van der Waals surface area (Å²) < 4.78 is 5.47. The van der Waals surface area contributed by atoms with E-state index < -0.39 is 0 Å². The van der Waals surface area contributed by atoms with Crippen LogP contribution in [-0.4, -0.2) is 6.54 Å². The standard InChI is InChI=1S/C12H17NO/c1-2-11(13-8-9-4-5-9)10-6-7-14-12(10)3-1/h6-7,9,11,13H,1-5,8H2/t11-/m0/s1. The van der Waals surface area contributed by atoms with E-state index in [1.165, 1.54) is 43.6 Å². The van der Waals surface area contributed by atoms with Crippen molar-refractivity contribution in [2.75, 3.05) is 6.54 Å². The largest absolute Gasteiger partial charge is 0.469 e. The van der Waals surface area contributed by atoms with Crippen LogP contribution in [0.3, 0.4) is 0 Å². The third-order valence-electron chi connectivity index (χ3n) is 3.40. The van der Waals surface area contributed by atoms with Crippen LogP contribution in [0.5, 0.6) is 0 Å². The molecule has 0 saturated heterocycles. The zero-order valence-electron chi connectivity index (χ0n) is 8.46. The smallest absolute Gasteiger partial charge is 0.108 e. The van der Waals surface area contributed by atoms with Gasteiger partial charge in [-0.2, -0.15) is 0 Å². The van der Waals surface area contributed by atoms with E-state index in [4.69, 9.17) is 4.42 Å².